The molecule has 1 aliphatic carbocycles. The third-order valence-corrected chi connectivity index (χ3v) is 2.73. The first-order chi connectivity index (χ1) is 6.18. The summed E-state index contributed by atoms with van der Waals surface area (Å²) in [5.41, 5.74) is 1.24. The number of halogens is 1. The summed E-state index contributed by atoms with van der Waals surface area (Å²) in [6.07, 6.45) is 0.985. The maximum Gasteiger partial charge on any atom is 0.269 e. The number of non-ortho nitro benzene ring substituents is 1. The highest BCUT2D eigenvalue weighted by atomic mass is 35.5. The maximum atomic E-state index is 10.3. The number of rotatable bonds is 2. The molecule has 68 valence electrons. The van der Waals surface area contributed by atoms with Crippen molar-refractivity contribution in [3.8, 4) is 0 Å². The number of hydrogen-bond acceptors (Lipinski definition) is 2. The van der Waals surface area contributed by atoms with Crippen LogP contribution < -0.4 is 0 Å². The highest BCUT2D eigenvalue weighted by molar-refractivity contribution is 6.23. The van der Waals surface area contributed by atoms with E-state index in [0.29, 0.717) is 5.92 Å². The Morgan fingerprint density at radius 1 is 1.38 bits per heavy atom. The normalized spacial score (nSPS) is 25.6. The van der Waals surface area contributed by atoms with Gasteiger partial charge in [-0.05, 0) is 12.0 Å². The van der Waals surface area contributed by atoms with Crippen molar-refractivity contribution in [2.45, 2.75) is 17.7 Å². The lowest BCUT2D eigenvalue weighted by Crippen LogP contribution is -1.88. The third kappa shape index (κ3) is 1.65. The van der Waals surface area contributed by atoms with Gasteiger partial charge >= 0.3 is 0 Å². The summed E-state index contributed by atoms with van der Waals surface area (Å²) in [5.74, 6) is 0.405. The molecule has 13 heavy (non-hydrogen) atoms. The van der Waals surface area contributed by atoms with E-state index in [1.54, 1.807) is 12.1 Å². The van der Waals surface area contributed by atoms with Crippen molar-refractivity contribution in [2.75, 3.05) is 0 Å². The highest BCUT2D eigenvalue weighted by Gasteiger charge is 2.36. The number of nitro benzene ring substituents is 1. The van der Waals surface area contributed by atoms with E-state index in [1.165, 1.54) is 12.1 Å². The van der Waals surface area contributed by atoms with Crippen LogP contribution in [0.15, 0.2) is 24.3 Å². The summed E-state index contributed by atoms with van der Waals surface area (Å²) >= 11 is 5.85. The summed E-state index contributed by atoms with van der Waals surface area (Å²) in [7, 11) is 0. The standard InChI is InChI=1S/C9H8ClNO2/c10-9-5-8(9)6-1-3-7(4-2-6)11(12)13/h1-4,8-9H,5H2/t8?,9-/m0/s1. The van der Waals surface area contributed by atoms with Crippen molar-refractivity contribution in [1.82, 2.24) is 0 Å². The molecule has 0 bridgehead atoms. The molecule has 0 N–H and O–H groups in total. The molecule has 0 aliphatic heterocycles. The van der Waals surface area contributed by atoms with Crippen LogP contribution in [0.2, 0.25) is 0 Å². The monoisotopic (exact) mass is 197 g/mol. The Morgan fingerprint density at radius 2 is 1.92 bits per heavy atom. The van der Waals surface area contributed by atoms with Crippen LogP contribution in [0.25, 0.3) is 0 Å². The average Bonchev–Trinajstić information content (AvgIpc) is 2.83. The highest BCUT2D eigenvalue weighted by Crippen LogP contribution is 2.45. The van der Waals surface area contributed by atoms with Gasteiger partial charge in [-0.1, -0.05) is 12.1 Å². The third-order valence-electron chi connectivity index (χ3n) is 2.24. The molecule has 4 heteroatoms. The van der Waals surface area contributed by atoms with Gasteiger partial charge in [0.25, 0.3) is 5.69 Å². The van der Waals surface area contributed by atoms with E-state index in [1.807, 2.05) is 0 Å². The predicted molar refractivity (Wildman–Crippen MR) is 50.1 cm³/mol. The van der Waals surface area contributed by atoms with E-state index in [9.17, 15) is 10.1 Å². The first-order valence-corrected chi connectivity index (χ1v) is 4.50. The summed E-state index contributed by atoms with van der Waals surface area (Å²) < 4.78 is 0. The predicted octanol–water partition coefficient (Wildman–Crippen LogP) is 2.69. The van der Waals surface area contributed by atoms with E-state index in [0.717, 1.165) is 12.0 Å². The van der Waals surface area contributed by atoms with Gasteiger partial charge in [-0.3, -0.25) is 10.1 Å². The fraction of sp³-hybridized carbons (Fsp3) is 0.333. The first-order valence-electron chi connectivity index (χ1n) is 4.07. The van der Waals surface area contributed by atoms with Gasteiger partial charge in [0.2, 0.25) is 0 Å². The van der Waals surface area contributed by atoms with Crippen LogP contribution in [-0.2, 0) is 0 Å². The molecule has 0 spiro atoms. The molecule has 3 nitrogen and oxygen atoms in total. The molecule has 1 aromatic rings. The molecular weight excluding hydrogens is 190 g/mol. The van der Waals surface area contributed by atoms with Crippen LogP contribution in [0.1, 0.15) is 17.9 Å². The maximum absolute atomic E-state index is 10.3. The van der Waals surface area contributed by atoms with Crippen LogP contribution in [-0.4, -0.2) is 10.3 Å². The van der Waals surface area contributed by atoms with Gasteiger partial charge in [-0.15, -0.1) is 11.6 Å². The number of nitro groups is 1. The number of benzene rings is 1. The van der Waals surface area contributed by atoms with E-state index < -0.39 is 4.92 Å². The molecule has 2 rings (SSSR count). The SMILES string of the molecule is O=[N+]([O-])c1ccc(C2C[C@@H]2Cl)cc1. The molecule has 2 atom stereocenters. The Labute approximate surface area is 80.5 Å². The first kappa shape index (κ1) is 8.51. The summed E-state index contributed by atoms with van der Waals surface area (Å²) in [6, 6.07) is 6.62. The van der Waals surface area contributed by atoms with Gasteiger partial charge < -0.3 is 0 Å². The lowest BCUT2D eigenvalue weighted by Gasteiger charge is -1.96. The molecule has 1 fully saturated rings. The van der Waals surface area contributed by atoms with Gasteiger partial charge in [0.15, 0.2) is 0 Å². The molecule has 0 radical (unpaired) electrons. The molecule has 1 aliphatic rings. The van der Waals surface area contributed by atoms with Gasteiger partial charge in [-0.25, -0.2) is 0 Å². The van der Waals surface area contributed by atoms with Crippen molar-refractivity contribution < 1.29 is 4.92 Å². The van der Waals surface area contributed by atoms with Gasteiger partial charge in [0.1, 0.15) is 0 Å². The largest absolute Gasteiger partial charge is 0.269 e. The van der Waals surface area contributed by atoms with Crippen molar-refractivity contribution in [1.29, 1.82) is 0 Å². The van der Waals surface area contributed by atoms with Crippen molar-refractivity contribution >= 4 is 17.3 Å². The molecule has 1 saturated carbocycles. The minimum atomic E-state index is -0.394. The topological polar surface area (TPSA) is 43.1 Å². The van der Waals surface area contributed by atoms with Crippen LogP contribution >= 0.6 is 11.6 Å². The Hall–Kier alpha value is -1.09. The summed E-state index contributed by atoms with van der Waals surface area (Å²) in [5, 5.41) is 10.6. The van der Waals surface area contributed by atoms with Crippen molar-refractivity contribution in [2.24, 2.45) is 0 Å². The Bertz CT molecular complexity index is 336. The smallest absolute Gasteiger partial charge is 0.258 e. The molecule has 0 aromatic heterocycles. The fourth-order valence-corrected chi connectivity index (χ4v) is 1.69. The summed E-state index contributed by atoms with van der Waals surface area (Å²) in [4.78, 5) is 9.95. The number of hydrogen-bond donors (Lipinski definition) is 0. The zero-order valence-electron chi connectivity index (χ0n) is 6.81. The Kier molecular flexibility index (Phi) is 1.96. The van der Waals surface area contributed by atoms with Gasteiger partial charge in [0.05, 0.1) is 4.92 Å². The fourth-order valence-electron chi connectivity index (χ4n) is 1.35. The zero-order valence-corrected chi connectivity index (χ0v) is 7.57. The second kappa shape index (κ2) is 3.00. The second-order valence-corrected chi connectivity index (χ2v) is 3.77. The van der Waals surface area contributed by atoms with Gasteiger partial charge in [0, 0.05) is 23.4 Å². The van der Waals surface area contributed by atoms with Crippen molar-refractivity contribution in [3.63, 3.8) is 0 Å². The Balaban J connectivity index is 2.19. The van der Waals surface area contributed by atoms with E-state index in [-0.39, 0.29) is 11.1 Å². The Morgan fingerprint density at radius 3 is 2.31 bits per heavy atom. The quantitative estimate of drug-likeness (QED) is 0.416. The lowest BCUT2D eigenvalue weighted by molar-refractivity contribution is -0.384. The molecule has 0 heterocycles. The molecule has 0 amide bonds. The second-order valence-electron chi connectivity index (χ2n) is 3.21. The lowest BCUT2D eigenvalue weighted by atomic mass is 10.1. The van der Waals surface area contributed by atoms with Gasteiger partial charge in [-0.2, -0.15) is 0 Å². The number of alkyl halides is 1. The van der Waals surface area contributed by atoms with Crippen LogP contribution in [0.5, 0.6) is 0 Å². The van der Waals surface area contributed by atoms with Crippen LogP contribution in [0, 0.1) is 10.1 Å². The summed E-state index contributed by atoms with van der Waals surface area (Å²) in [6.45, 7) is 0. The minimum Gasteiger partial charge on any atom is -0.258 e. The van der Waals surface area contributed by atoms with E-state index in [4.69, 9.17) is 11.6 Å². The van der Waals surface area contributed by atoms with E-state index in [2.05, 4.69) is 0 Å². The van der Waals surface area contributed by atoms with Crippen LogP contribution in [0.3, 0.4) is 0 Å². The van der Waals surface area contributed by atoms with Crippen molar-refractivity contribution in [3.05, 3.63) is 39.9 Å². The van der Waals surface area contributed by atoms with E-state index >= 15 is 0 Å². The zero-order chi connectivity index (χ0) is 9.42. The molecule has 0 saturated heterocycles. The minimum absolute atomic E-state index is 0.135. The molecule has 1 aromatic carbocycles. The van der Waals surface area contributed by atoms with Crippen LogP contribution in [0.4, 0.5) is 5.69 Å². The molecule has 1 unspecified atom stereocenters. The number of nitrogens with zero attached hydrogens (tertiary/aromatic N) is 1. The molecular formula is C9H8ClNO2. The average molecular weight is 198 g/mol.